The van der Waals surface area contributed by atoms with Crippen molar-refractivity contribution in [2.24, 2.45) is 7.05 Å². The van der Waals surface area contributed by atoms with Crippen molar-refractivity contribution in [1.82, 2.24) is 14.3 Å². The van der Waals surface area contributed by atoms with Crippen molar-refractivity contribution in [3.63, 3.8) is 0 Å². The Morgan fingerprint density at radius 3 is 2.58 bits per heavy atom. The molecule has 1 unspecified atom stereocenters. The molecule has 0 spiro atoms. The van der Waals surface area contributed by atoms with Gasteiger partial charge in [0.05, 0.1) is 4.90 Å². The first kappa shape index (κ1) is 18.8. The second kappa shape index (κ2) is 7.30. The molecule has 1 atom stereocenters. The van der Waals surface area contributed by atoms with Gasteiger partial charge in [-0.25, -0.2) is 17.8 Å². The maximum atomic E-state index is 14.4. The quantitative estimate of drug-likeness (QED) is 0.661. The van der Waals surface area contributed by atoms with Crippen LogP contribution < -0.4 is 4.72 Å². The minimum atomic E-state index is -3.90. The molecule has 0 aliphatic heterocycles. The lowest BCUT2D eigenvalue weighted by molar-refractivity contribution is 0.545. The van der Waals surface area contributed by atoms with Crippen LogP contribution in [0.15, 0.2) is 64.2 Å². The van der Waals surface area contributed by atoms with Crippen molar-refractivity contribution >= 4 is 26.0 Å². The zero-order valence-electron chi connectivity index (χ0n) is 14.1. The summed E-state index contributed by atoms with van der Waals surface area (Å²) in [5, 5.41) is 0. The van der Waals surface area contributed by atoms with E-state index in [2.05, 4.69) is 25.6 Å². The Balaban J connectivity index is 2.07. The standard InChI is InChI=1S/C18H17BrFN3O2S/c1-12-11-13(7-8-15(12)19)26(24,25)22-17(18-21-9-10-23(18)2)14-5-3-4-6-16(14)20/h3-11,17,22H,1-2H3. The lowest BCUT2D eigenvalue weighted by Gasteiger charge is -2.20. The number of halogens is 2. The average Bonchev–Trinajstić information content (AvgIpc) is 3.02. The van der Waals surface area contributed by atoms with Crippen molar-refractivity contribution in [2.45, 2.75) is 17.9 Å². The largest absolute Gasteiger partial charge is 0.336 e. The van der Waals surface area contributed by atoms with Crippen LogP contribution in [0.5, 0.6) is 0 Å². The number of nitrogens with zero attached hydrogens (tertiary/aromatic N) is 2. The van der Waals surface area contributed by atoms with Gasteiger partial charge >= 0.3 is 0 Å². The summed E-state index contributed by atoms with van der Waals surface area (Å²) in [7, 11) is -2.17. The Bertz CT molecular complexity index is 1050. The van der Waals surface area contributed by atoms with E-state index in [0.29, 0.717) is 5.82 Å². The van der Waals surface area contributed by atoms with Crippen LogP contribution in [0.2, 0.25) is 0 Å². The predicted molar refractivity (Wildman–Crippen MR) is 101 cm³/mol. The van der Waals surface area contributed by atoms with Crippen molar-refractivity contribution in [3.8, 4) is 0 Å². The molecule has 3 rings (SSSR count). The molecule has 0 fully saturated rings. The van der Waals surface area contributed by atoms with E-state index in [1.54, 1.807) is 61.3 Å². The van der Waals surface area contributed by atoms with Crippen LogP contribution in [0.4, 0.5) is 4.39 Å². The molecule has 3 aromatic rings. The third-order valence-electron chi connectivity index (χ3n) is 4.05. The lowest BCUT2D eigenvalue weighted by Crippen LogP contribution is -2.31. The second-order valence-corrected chi connectivity index (χ2v) is 8.45. The second-order valence-electron chi connectivity index (χ2n) is 5.88. The number of benzene rings is 2. The minimum absolute atomic E-state index is 0.105. The third kappa shape index (κ3) is 3.72. The number of sulfonamides is 1. The summed E-state index contributed by atoms with van der Waals surface area (Å²) >= 11 is 3.36. The highest BCUT2D eigenvalue weighted by atomic mass is 79.9. The molecule has 8 heteroatoms. The molecule has 136 valence electrons. The number of rotatable bonds is 5. The summed E-state index contributed by atoms with van der Waals surface area (Å²) < 4.78 is 45.3. The normalized spacial score (nSPS) is 12.9. The number of aryl methyl sites for hydroxylation is 2. The monoisotopic (exact) mass is 437 g/mol. The molecule has 0 bridgehead atoms. The van der Waals surface area contributed by atoms with Crippen molar-refractivity contribution in [3.05, 3.63) is 82.1 Å². The Hall–Kier alpha value is -2.03. The maximum Gasteiger partial charge on any atom is 0.241 e. The molecule has 0 radical (unpaired) electrons. The van der Waals surface area contributed by atoms with E-state index in [1.165, 1.54) is 12.1 Å². The van der Waals surface area contributed by atoms with E-state index in [-0.39, 0.29) is 10.5 Å². The third-order valence-corrected chi connectivity index (χ3v) is 6.36. The van der Waals surface area contributed by atoms with Crippen molar-refractivity contribution in [2.75, 3.05) is 0 Å². The summed E-state index contributed by atoms with van der Waals surface area (Å²) in [6.07, 6.45) is 3.22. The average molecular weight is 438 g/mol. The molecule has 0 aliphatic carbocycles. The van der Waals surface area contributed by atoms with Crippen LogP contribution in [-0.4, -0.2) is 18.0 Å². The molecular weight excluding hydrogens is 421 g/mol. The highest BCUT2D eigenvalue weighted by Gasteiger charge is 2.27. The molecule has 1 aromatic heterocycles. The fourth-order valence-electron chi connectivity index (χ4n) is 2.63. The molecule has 0 aliphatic rings. The molecule has 1 N–H and O–H groups in total. The minimum Gasteiger partial charge on any atom is -0.336 e. The first-order chi connectivity index (χ1) is 12.3. The summed E-state index contributed by atoms with van der Waals surface area (Å²) in [5.74, 6) is -0.109. The highest BCUT2D eigenvalue weighted by Crippen LogP contribution is 2.26. The van der Waals surface area contributed by atoms with Gasteiger partial charge in [0, 0.05) is 29.5 Å². The SMILES string of the molecule is Cc1cc(S(=O)(=O)NC(c2ccccc2F)c2nccn2C)ccc1Br. The lowest BCUT2D eigenvalue weighted by atomic mass is 10.1. The maximum absolute atomic E-state index is 14.4. The first-order valence-electron chi connectivity index (χ1n) is 7.80. The van der Waals surface area contributed by atoms with Crippen LogP contribution in [0, 0.1) is 12.7 Å². The van der Waals surface area contributed by atoms with Gasteiger partial charge in [-0.3, -0.25) is 0 Å². The first-order valence-corrected chi connectivity index (χ1v) is 10.1. The van der Waals surface area contributed by atoms with Crippen molar-refractivity contribution in [1.29, 1.82) is 0 Å². The van der Waals surface area contributed by atoms with Crippen LogP contribution >= 0.6 is 15.9 Å². The number of imidazole rings is 1. The van der Waals surface area contributed by atoms with Crippen LogP contribution in [0.3, 0.4) is 0 Å². The van der Waals surface area contributed by atoms with Crippen LogP contribution in [-0.2, 0) is 17.1 Å². The van der Waals surface area contributed by atoms with Gasteiger partial charge in [0.25, 0.3) is 0 Å². The molecule has 0 saturated carbocycles. The summed E-state index contributed by atoms with van der Waals surface area (Å²) in [6, 6.07) is 9.83. The Morgan fingerprint density at radius 2 is 1.96 bits per heavy atom. The summed E-state index contributed by atoms with van der Waals surface area (Å²) in [5.41, 5.74) is 0.992. The van der Waals surface area contributed by atoms with Gasteiger partial charge in [0.15, 0.2) is 0 Å². The summed E-state index contributed by atoms with van der Waals surface area (Å²) in [6.45, 7) is 1.80. The Morgan fingerprint density at radius 1 is 1.23 bits per heavy atom. The number of aromatic nitrogens is 2. The van der Waals surface area contributed by atoms with Gasteiger partial charge < -0.3 is 4.57 Å². The fourth-order valence-corrected chi connectivity index (χ4v) is 4.13. The molecule has 5 nitrogen and oxygen atoms in total. The topological polar surface area (TPSA) is 64.0 Å². The van der Waals surface area contributed by atoms with Gasteiger partial charge in [-0.1, -0.05) is 34.1 Å². The van der Waals surface area contributed by atoms with E-state index in [9.17, 15) is 12.8 Å². The summed E-state index contributed by atoms with van der Waals surface area (Å²) in [4.78, 5) is 4.31. The molecule has 26 heavy (non-hydrogen) atoms. The van der Waals surface area contributed by atoms with Gasteiger partial charge in [-0.2, -0.15) is 4.72 Å². The van der Waals surface area contributed by atoms with Gasteiger partial charge in [-0.05, 0) is 36.8 Å². The van der Waals surface area contributed by atoms with Crippen LogP contribution in [0.1, 0.15) is 23.0 Å². The number of hydrogen-bond acceptors (Lipinski definition) is 3. The van der Waals surface area contributed by atoms with Gasteiger partial charge in [-0.15, -0.1) is 0 Å². The van der Waals surface area contributed by atoms with Crippen LogP contribution in [0.25, 0.3) is 0 Å². The zero-order valence-corrected chi connectivity index (χ0v) is 16.6. The molecule has 0 amide bonds. The van der Waals surface area contributed by atoms with E-state index in [1.807, 2.05) is 0 Å². The van der Waals surface area contributed by atoms with E-state index >= 15 is 0 Å². The molecule has 2 aromatic carbocycles. The van der Waals surface area contributed by atoms with E-state index in [0.717, 1.165) is 10.0 Å². The Kier molecular flexibility index (Phi) is 5.27. The van der Waals surface area contributed by atoms with Crippen molar-refractivity contribution < 1.29 is 12.8 Å². The number of hydrogen-bond donors (Lipinski definition) is 1. The zero-order chi connectivity index (χ0) is 18.9. The van der Waals surface area contributed by atoms with Gasteiger partial charge in [0.1, 0.15) is 17.7 Å². The highest BCUT2D eigenvalue weighted by molar-refractivity contribution is 9.10. The van der Waals surface area contributed by atoms with Gasteiger partial charge in [0.2, 0.25) is 10.0 Å². The smallest absolute Gasteiger partial charge is 0.241 e. The molecular formula is C18H17BrFN3O2S. The number of nitrogens with one attached hydrogen (secondary N) is 1. The Labute approximate surface area is 160 Å². The molecule has 0 saturated heterocycles. The fraction of sp³-hybridized carbons (Fsp3) is 0.167. The van der Waals surface area contributed by atoms with E-state index in [4.69, 9.17) is 0 Å². The van der Waals surface area contributed by atoms with E-state index < -0.39 is 21.9 Å². The predicted octanol–water partition coefficient (Wildman–Crippen LogP) is 3.70. The molecule has 1 heterocycles.